The maximum atomic E-state index is 14.2. The van der Waals surface area contributed by atoms with Crippen molar-refractivity contribution < 1.29 is 48.0 Å². The zero-order valence-electron chi connectivity index (χ0n) is 32.7. The summed E-state index contributed by atoms with van der Waals surface area (Å²) in [4.78, 5) is 56.6. The van der Waals surface area contributed by atoms with Gasteiger partial charge in [-0.2, -0.15) is 0 Å². The van der Waals surface area contributed by atoms with Crippen molar-refractivity contribution in [2.75, 3.05) is 33.2 Å². The Bertz CT molecular complexity index is 1630. The Morgan fingerprint density at radius 3 is 2.63 bits per heavy atom. The molecule has 2 N–H and O–H groups in total. The summed E-state index contributed by atoms with van der Waals surface area (Å²) in [6, 6.07) is 2.64. The summed E-state index contributed by atoms with van der Waals surface area (Å²) >= 11 is 6.77. The molecule has 3 aliphatic heterocycles. The Morgan fingerprint density at radius 2 is 1.96 bits per heavy atom. The predicted molar refractivity (Wildman–Crippen MR) is 204 cm³/mol. The Kier molecular flexibility index (Phi) is 14.4. The number of unbranched alkanes of at least 4 members (excludes halogenated alkanes) is 3. The molecule has 4 rings (SSSR count). The molecular formula is C40H56ClN3O10. The minimum atomic E-state index is -1.82. The van der Waals surface area contributed by atoms with Crippen molar-refractivity contribution in [3.05, 3.63) is 59.2 Å². The van der Waals surface area contributed by atoms with E-state index in [2.05, 4.69) is 11.9 Å². The van der Waals surface area contributed by atoms with E-state index in [0.717, 1.165) is 30.4 Å². The van der Waals surface area contributed by atoms with Gasteiger partial charge in [-0.15, -0.1) is 6.58 Å². The molecular weight excluding hydrogens is 718 g/mol. The van der Waals surface area contributed by atoms with Crippen molar-refractivity contribution in [3.8, 4) is 5.75 Å². The number of rotatable bonds is 11. The number of carbonyl (C=O) groups excluding carboxylic acids is 4. The van der Waals surface area contributed by atoms with Gasteiger partial charge in [0.1, 0.15) is 40.7 Å². The van der Waals surface area contributed by atoms with Crippen LogP contribution >= 0.6 is 11.6 Å². The zero-order valence-corrected chi connectivity index (χ0v) is 33.4. The number of amides is 3. The topological polar surface area (TPSA) is 156 Å². The highest BCUT2D eigenvalue weighted by molar-refractivity contribution is 6.35. The van der Waals surface area contributed by atoms with Crippen LogP contribution in [0.5, 0.6) is 5.75 Å². The molecule has 2 fully saturated rings. The van der Waals surface area contributed by atoms with E-state index in [1.54, 1.807) is 59.2 Å². The molecule has 0 spiro atoms. The number of methoxy groups -OCH3 is 2. The van der Waals surface area contributed by atoms with Crippen LogP contribution in [0.1, 0.15) is 78.2 Å². The van der Waals surface area contributed by atoms with Crippen LogP contribution in [-0.2, 0) is 39.8 Å². The summed E-state index contributed by atoms with van der Waals surface area (Å²) < 4.78 is 29.3. The number of nitrogens with zero attached hydrogens (tertiary/aromatic N) is 2. The number of anilines is 1. The monoisotopic (exact) mass is 773 g/mol. The molecule has 3 heterocycles. The van der Waals surface area contributed by atoms with Gasteiger partial charge in [0.05, 0.1) is 25.3 Å². The fourth-order valence-electron chi connectivity index (χ4n) is 7.14. The van der Waals surface area contributed by atoms with Crippen molar-refractivity contribution in [2.45, 2.75) is 121 Å². The van der Waals surface area contributed by atoms with E-state index >= 15 is 0 Å². The van der Waals surface area contributed by atoms with Gasteiger partial charge in [0.25, 0.3) is 0 Å². The van der Waals surface area contributed by atoms with Gasteiger partial charge in [0.2, 0.25) is 11.8 Å². The number of carbonyl (C=O) groups is 4. The number of epoxide rings is 1. The van der Waals surface area contributed by atoms with Crippen LogP contribution in [0.4, 0.5) is 10.5 Å². The standard InChI is InChI=1S/C40H56ClN3O10/c1-10-11-12-13-14-18-33(45)43(6)26(4)37(47)53-32-22-34(46)44(7)28-20-27(21-29(50-8)35(28)41)19-24(2)16-15-17-31(51-9)40(49)23-30(52-38(48)42-40)25(3)36-39(32,5)54-36/h10,15-17,20-21,25-26,30-32,36,49H,1,11-14,18-19,22-23H2,2-9H3,(H,42,48)/b17-15+,24-16+/t25-,26+,30+,31-,32+,36+,39+,40+/m1/s1. The molecule has 54 heavy (non-hydrogen) atoms. The van der Waals surface area contributed by atoms with Crippen molar-refractivity contribution in [1.82, 2.24) is 10.2 Å². The second-order valence-electron chi connectivity index (χ2n) is 14.8. The van der Waals surface area contributed by atoms with Crippen LogP contribution in [0.25, 0.3) is 0 Å². The highest BCUT2D eigenvalue weighted by Gasteiger charge is 2.64. The van der Waals surface area contributed by atoms with Gasteiger partial charge < -0.3 is 38.6 Å². The lowest BCUT2D eigenvalue weighted by Gasteiger charge is -2.42. The Labute approximate surface area is 323 Å². The van der Waals surface area contributed by atoms with Crippen LogP contribution in [-0.4, -0.2) is 104 Å². The smallest absolute Gasteiger partial charge is 0.409 e. The van der Waals surface area contributed by atoms with E-state index in [1.165, 1.54) is 24.0 Å². The molecule has 8 atom stereocenters. The van der Waals surface area contributed by atoms with Gasteiger partial charge in [-0.3, -0.25) is 14.9 Å². The maximum absolute atomic E-state index is 14.2. The van der Waals surface area contributed by atoms with Crippen LogP contribution in [0.2, 0.25) is 5.02 Å². The largest absolute Gasteiger partial charge is 0.495 e. The summed E-state index contributed by atoms with van der Waals surface area (Å²) in [5, 5.41) is 14.5. The molecule has 0 aromatic heterocycles. The van der Waals surface area contributed by atoms with E-state index < -0.39 is 65.7 Å². The van der Waals surface area contributed by atoms with Crippen molar-refractivity contribution in [1.29, 1.82) is 0 Å². The molecule has 4 bridgehead atoms. The number of ether oxygens (including phenoxy) is 5. The van der Waals surface area contributed by atoms with E-state index in [4.69, 9.17) is 35.3 Å². The van der Waals surface area contributed by atoms with Gasteiger partial charge in [0, 0.05) is 40.0 Å². The van der Waals surface area contributed by atoms with Gasteiger partial charge in [0.15, 0.2) is 5.72 Å². The summed E-state index contributed by atoms with van der Waals surface area (Å²) in [5.74, 6) is -1.48. The number of alkyl carbamates (subject to hydrolysis) is 1. The Hall–Kier alpha value is -3.91. The van der Waals surface area contributed by atoms with Crippen molar-refractivity contribution in [3.63, 3.8) is 0 Å². The summed E-state index contributed by atoms with van der Waals surface area (Å²) in [6.45, 7) is 10.8. The summed E-state index contributed by atoms with van der Waals surface area (Å²) in [6.07, 6.45) is 6.45. The number of likely N-dealkylation sites (N-methyl/N-ethyl adjacent to an activating group) is 1. The number of hydrogen-bond acceptors (Lipinski definition) is 10. The fourth-order valence-corrected chi connectivity index (χ4v) is 7.45. The number of nitrogens with one attached hydrogen (secondary N) is 1. The van der Waals surface area contributed by atoms with E-state index in [0.29, 0.717) is 24.3 Å². The highest BCUT2D eigenvalue weighted by Crippen LogP contribution is 2.49. The molecule has 1 aromatic rings. The van der Waals surface area contributed by atoms with Crippen LogP contribution < -0.4 is 15.0 Å². The molecule has 0 aliphatic carbocycles. The fraction of sp³-hybridized carbons (Fsp3) is 0.600. The normalized spacial score (nSPS) is 30.7. The minimum absolute atomic E-state index is 0.0465. The molecule has 298 valence electrons. The van der Waals surface area contributed by atoms with E-state index in [9.17, 15) is 24.3 Å². The summed E-state index contributed by atoms with van der Waals surface area (Å²) in [5.41, 5.74) is -0.891. The van der Waals surface area contributed by atoms with Crippen LogP contribution in [0.3, 0.4) is 0 Å². The van der Waals surface area contributed by atoms with Gasteiger partial charge in [-0.25, -0.2) is 9.59 Å². The van der Waals surface area contributed by atoms with Crippen molar-refractivity contribution >= 4 is 41.2 Å². The average Bonchev–Trinajstić information content (AvgIpc) is 3.83. The highest BCUT2D eigenvalue weighted by atomic mass is 35.5. The van der Waals surface area contributed by atoms with Crippen LogP contribution in [0.15, 0.2) is 48.6 Å². The molecule has 13 nitrogen and oxygen atoms in total. The minimum Gasteiger partial charge on any atom is -0.495 e. The average molecular weight is 774 g/mol. The van der Waals surface area contributed by atoms with Crippen LogP contribution in [0, 0.1) is 5.92 Å². The van der Waals surface area contributed by atoms with Gasteiger partial charge >= 0.3 is 12.1 Å². The van der Waals surface area contributed by atoms with E-state index in [1.807, 2.05) is 19.1 Å². The number of aliphatic hydroxyl groups is 1. The number of allylic oxidation sites excluding steroid dienone is 4. The lowest BCUT2D eigenvalue weighted by atomic mass is 9.83. The predicted octanol–water partition coefficient (Wildman–Crippen LogP) is 5.65. The summed E-state index contributed by atoms with van der Waals surface area (Å²) in [7, 11) is 6.06. The Balaban J connectivity index is 1.70. The number of halogens is 1. The lowest BCUT2D eigenvalue weighted by molar-refractivity contribution is -0.162. The first-order valence-electron chi connectivity index (χ1n) is 18.4. The van der Waals surface area contributed by atoms with E-state index in [-0.39, 0.29) is 30.2 Å². The zero-order chi connectivity index (χ0) is 40.0. The third-order valence-corrected chi connectivity index (χ3v) is 11.2. The third kappa shape index (κ3) is 9.84. The molecule has 3 aliphatic rings. The molecule has 1 aromatic carbocycles. The molecule has 2 saturated heterocycles. The Morgan fingerprint density at radius 1 is 1.24 bits per heavy atom. The second-order valence-corrected chi connectivity index (χ2v) is 15.2. The lowest BCUT2D eigenvalue weighted by Crippen LogP contribution is -2.63. The number of hydrogen-bond donors (Lipinski definition) is 2. The molecule has 0 saturated carbocycles. The first-order chi connectivity index (χ1) is 25.5. The number of benzene rings is 1. The SMILES string of the molecule is C=CCCCCCC(=O)N(C)[C@@H](C)C(=O)O[C@H]1CC(=O)N(C)c2cc(cc(OC)c2Cl)C/C(C)=C/C=C/[C@@H](OC)[C@@]2(O)C[C@H](OC(=O)N2)[C@@H](C)[C@@H]2O[C@@]12C. The molecule has 3 amide bonds. The first-order valence-corrected chi connectivity index (χ1v) is 18.8. The maximum Gasteiger partial charge on any atom is 0.409 e. The third-order valence-electron chi connectivity index (χ3n) is 10.8. The molecule has 0 unspecified atom stereocenters. The quantitative estimate of drug-likeness (QED) is 0.125. The van der Waals surface area contributed by atoms with Gasteiger partial charge in [-0.1, -0.05) is 54.8 Å². The second kappa shape index (κ2) is 18.1. The molecule has 14 heteroatoms. The molecule has 0 radical (unpaired) electrons. The first kappa shape index (κ1) is 42.8. The van der Waals surface area contributed by atoms with Gasteiger partial charge in [-0.05, 0) is 64.2 Å². The van der Waals surface area contributed by atoms with Crippen molar-refractivity contribution in [2.24, 2.45) is 5.92 Å². The number of esters is 1. The number of fused-ring (bicyclic) bond motifs is 5.